The van der Waals surface area contributed by atoms with Crippen LogP contribution in [0.25, 0.3) is 0 Å². The first-order valence-corrected chi connectivity index (χ1v) is 10.5. The van der Waals surface area contributed by atoms with Crippen molar-refractivity contribution in [2.24, 2.45) is 0 Å². The van der Waals surface area contributed by atoms with Crippen molar-refractivity contribution in [1.29, 1.82) is 0 Å². The molecule has 0 bridgehead atoms. The van der Waals surface area contributed by atoms with Crippen molar-refractivity contribution in [3.05, 3.63) is 56.3 Å². The Morgan fingerprint density at radius 1 is 1.13 bits per heavy atom. The number of benzene rings is 1. The van der Waals surface area contributed by atoms with Gasteiger partial charge in [-0.3, -0.25) is 0 Å². The molecule has 0 atom stereocenters. The van der Waals surface area contributed by atoms with Crippen molar-refractivity contribution in [3.8, 4) is 0 Å². The highest BCUT2D eigenvalue weighted by Gasteiger charge is 2.28. The zero-order valence-electron chi connectivity index (χ0n) is 17.9. The molecular weight excluding hydrogens is 427 g/mol. The third-order valence-corrected chi connectivity index (χ3v) is 5.14. The summed E-state index contributed by atoms with van der Waals surface area (Å²) in [5.74, 6) is -0.981. The van der Waals surface area contributed by atoms with Gasteiger partial charge in [0, 0.05) is 12.2 Å². The van der Waals surface area contributed by atoms with Crippen LogP contribution < -0.4 is 5.32 Å². The number of nitrogens with one attached hydrogen (secondary N) is 2. The first kappa shape index (κ1) is 24.3. The predicted octanol–water partition coefficient (Wildman–Crippen LogP) is 4.96. The minimum Gasteiger partial charge on any atom is -0.465 e. The molecule has 0 saturated heterocycles. The zero-order valence-corrected chi connectivity index (χ0v) is 19.5. The molecule has 0 aliphatic carbocycles. The highest BCUT2D eigenvalue weighted by Crippen LogP contribution is 2.24. The van der Waals surface area contributed by atoms with Crippen molar-refractivity contribution in [1.82, 2.24) is 10.3 Å². The van der Waals surface area contributed by atoms with E-state index in [9.17, 15) is 9.59 Å². The van der Waals surface area contributed by atoms with E-state index in [0.717, 1.165) is 12.0 Å². The van der Waals surface area contributed by atoms with Gasteiger partial charge in [-0.15, -0.1) is 0 Å². The van der Waals surface area contributed by atoms with E-state index in [-0.39, 0.29) is 5.69 Å². The minimum atomic E-state index is -0.642. The van der Waals surface area contributed by atoms with Crippen LogP contribution in [0.4, 0.5) is 0 Å². The Kier molecular flexibility index (Phi) is 8.35. The van der Waals surface area contributed by atoms with Crippen LogP contribution >= 0.6 is 23.2 Å². The topological polar surface area (TPSA) is 80.4 Å². The van der Waals surface area contributed by atoms with E-state index in [2.05, 4.69) is 10.3 Å². The molecule has 164 valence electrons. The fourth-order valence-electron chi connectivity index (χ4n) is 3.08. The van der Waals surface area contributed by atoms with Gasteiger partial charge in [-0.1, -0.05) is 36.2 Å². The van der Waals surface area contributed by atoms with Crippen molar-refractivity contribution in [2.75, 3.05) is 13.7 Å². The van der Waals surface area contributed by atoms with Gasteiger partial charge in [-0.25, -0.2) is 9.59 Å². The highest BCUT2D eigenvalue weighted by atomic mass is 35.5. The number of carbonyl (C=O) groups excluding carboxylic acids is 2. The van der Waals surface area contributed by atoms with E-state index in [4.69, 9.17) is 32.7 Å². The lowest BCUT2D eigenvalue weighted by molar-refractivity contribution is 0.00622. The molecule has 8 heteroatoms. The number of hydrogen-bond acceptors (Lipinski definition) is 5. The molecule has 0 unspecified atom stereocenters. The zero-order chi connectivity index (χ0) is 22.5. The third kappa shape index (κ3) is 6.24. The Morgan fingerprint density at radius 3 is 2.40 bits per heavy atom. The van der Waals surface area contributed by atoms with Crippen molar-refractivity contribution in [2.45, 2.75) is 52.7 Å². The van der Waals surface area contributed by atoms with E-state index >= 15 is 0 Å². The maximum Gasteiger partial charge on any atom is 0.355 e. The Balaban J connectivity index is 2.17. The van der Waals surface area contributed by atoms with E-state index in [1.807, 2.05) is 19.1 Å². The van der Waals surface area contributed by atoms with Gasteiger partial charge in [0.25, 0.3) is 0 Å². The van der Waals surface area contributed by atoms with E-state index in [1.165, 1.54) is 7.11 Å². The van der Waals surface area contributed by atoms with Crippen LogP contribution in [0.1, 0.15) is 65.4 Å². The average molecular weight is 455 g/mol. The van der Waals surface area contributed by atoms with Crippen LogP contribution in [-0.4, -0.2) is 36.2 Å². The lowest BCUT2D eigenvalue weighted by Gasteiger charge is -2.19. The number of carbonyl (C=O) groups is 2. The normalized spacial score (nSPS) is 11.4. The Morgan fingerprint density at radius 2 is 1.83 bits per heavy atom. The number of hydrogen-bond donors (Lipinski definition) is 2. The number of halogens is 2. The second-order valence-corrected chi connectivity index (χ2v) is 8.67. The molecule has 0 radical (unpaired) electrons. The van der Waals surface area contributed by atoms with E-state index < -0.39 is 17.5 Å². The second-order valence-electron chi connectivity index (χ2n) is 7.85. The summed E-state index contributed by atoms with van der Waals surface area (Å²) in [4.78, 5) is 28.1. The Bertz CT molecular complexity index is 917. The largest absolute Gasteiger partial charge is 0.465 e. The summed E-state index contributed by atoms with van der Waals surface area (Å²) in [6, 6.07) is 5.51. The molecule has 2 aromatic rings. The van der Waals surface area contributed by atoms with Gasteiger partial charge in [0.2, 0.25) is 0 Å². The smallest absolute Gasteiger partial charge is 0.355 e. The van der Waals surface area contributed by atoms with Gasteiger partial charge >= 0.3 is 11.9 Å². The first-order valence-electron chi connectivity index (χ1n) is 9.77. The summed E-state index contributed by atoms with van der Waals surface area (Å²) in [5.41, 5.74) is 2.25. The summed E-state index contributed by atoms with van der Waals surface area (Å²) >= 11 is 12.0. The van der Waals surface area contributed by atoms with Gasteiger partial charge < -0.3 is 19.8 Å². The van der Waals surface area contributed by atoms with Crippen LogP contribution in [0.2, 0.25) is 10.0 Å². The van der Waals surface area contributed by atoms with E-state index in [0.29, 0.717) is 46.4 Å². The molecule has 30 heavy (non-hydrogen) atoms. The van der Waals surface area contributed by atoms with Crippen molar-refractivity contribution < 1.29 is 19.1 Å². The maximum atomic E-state index is 12.6. The fourth-order valence-corrected chi connectivity index (χ4v) is 3.40. The molecule has 0 aliphatic heterocycles. The van der Waals surface area contributed by atoms with Gasteiger partial charge in [0.05, 0.1) is 22.7 Å². The highest BCUT2D eigenvalue weighted by molar-refractivity contribution is 6.42. The number of rotatable bonds is 8. The standard InChI is InChI=1S/C22H28Cl2N2O4/c1-6-14-18(20(27)29-5)17(26-19(14)21(28)30-22(2,3)4)12-25-10-9-13-7-8-15(23)16(24)11-13/h7-8,11,25-26H,6,9-10,12H2,1-5H3. The number of ether oxygens (including phenoxy) is 2. The van der Waals surface area contributed by atoms with Crippen LogP contribution in [-0.2, 0) is 28.9 Å². The summed E-state index contributed by atoms with van der Waals surface area (Å²) in [5, 5.41) is 4.32. The number of H-pyrrole nitrogens is 1. The number of methoxy groups -OCH3 is 1. The lowest BCUT2D eigenvalue weighted by atomic mass is 10.1. The molecule has 6 nitrogen and oxygen atoms in total. The SMILES string of the molecule is CCc1c(C(=O)OC(C)(C)C)[nH]c(CNCCc2ccc(Cl)c(Cl)c2)c1C(=O)OC. The van der Waals surface area contributed by atoms with Gasteiger partial charge in [0.15, 0.2) is 0 Å². The van der Waals surface area contributed by atoms with Gasteiger partial charge in [0.1, 0.15) is 11.3 Å². The van der Waals surface area contributed by atoms with Crippen LogP contribution in [0.5, 0.6) is 0 Å². The minimum absolute atomic E-state index is 0.286. The predicted molar refractivity (Wildman–Crippen MR) is 119 cm³/mol. The van der Waals surface area contributed by atoms with Crippen LogP contribution in [0, 0.1) is 0 Å². The van der Waals surface area contributed by atoms with Crippen LogP contribution in [0.3, 0.4) is 0 Å². The van der Waals surface area contributed by atoms with Crippen molar-refractivity contribution in [3.63, 3.8) is 0 Å². The quantitative estimate of drug-likeness (QED) is 0.435. The lowest BCUT2D eigenvalue weighted by Crippen LogP contribution is -2.24. The molecule has 0 amide bonds. The molecule has 0 spiro atoms. The van der Waals surface area contributed by atoms with Crippen molar-refractivity contribution >= 4 is 35.1 Å². The average Bonchev–Trinajstić information content (AvgIpc) is 3.04. The summed E-state index contributed by atoms with van der Waals surface area (Å²) in [6.07, 6.45) is 1.21. The van der Waals surface area contributed by atoms with Gasteiger partial charge in [-0.2, -0.15) is 0 Å². The van der Waals surface area contributed by atoms with E-state index in [1.54, 1.807) is 26.8 Å². The second kappa shape index (κ2) is 10.3. The molecule has 1 aromatic carbocycles. The molecule has 0 saturated carbocycles. The first-order chi connectivity index (χ1) is 14.1. The monoisotopic (exact) mass is 454 g/mol. The maximum absolute atomic E-state index is 12.6. The molecule has 1 aromatic heterocycles. The summed E-state index contributed by atoms with van der Waals surface area (Å²) in [6.45, 7) is 8.28. The molecule has 0 aliphatic rings. The summed E-state index contributed by atoms with van der Waals surface area (Å²) in [7, 11) is 1.32. The molecule has 0 fully saturated rings. The number of aromatic nitrogens is 1. The Labute approximate surface area is 187 Å². The van der Waals surface area contributed by atoms with Crippen LogP contribution in [0.15, 0.2) is 18.2 Å². The summed E-state index contributed by atoms with van der Waals surface area (Å²) < 4.78 is 10.4. The number of aromatic amines is 1. The Hall–Kier alpha value is -2.02. The van der Waals surface area contributed by atoms with Gasteiger partial charge in [-0.05, 0) is 63.4 Å². The fraction of sp³-hybridized carbons (Fsp3) is 0.455. The molecular formula is C22H28Cl2N2O4. The molecule has 2 N–H and O–H groups in total. The molecule has 2 rings (SSSR count). The number of esters is 2. The third-order valence-electron chi connectivity index (χ3n) is 4.40. The molecule has 1 heterocycles.